The average molecular weight is 226 g/mol. The number of nitrogens with two attached hydrogens (primary N) is 1. The Morgan fingerprint density at radius 3 is 2.57 bits per heavy atom. The van der Waals surface area contributed by atoms with Crippen molar-refractivity contribution < 1.29 is 22.7 Å². The van der Waals surface area contributed by atoms with Gasteiger partial charge < -0.3 is 10.5 Å². The summed E-state index contributed by atoms with van der Waals surface area (Å²) in [4.78, 5) is 10.3. The molecule has 78 valence electrons. The molecule has 0 fully saturated rings. The fourth-order valence-corrected chi connectivity index (χ4v) is 1.56. The van der Waals surface area contributed by atoms with Gasteiger partial charge in [0, 0.05) is 0 Å². The lowest BCUT2D eigenvalue weighted by Crippen LogP contribution is -2.13. The number of halogens is 3. The molecule has 4 nitrogen and oxygen atoms in total. The van der Waals surface area contributed by atoms with E-state index < -0.39 is 28.4 Å². The Hall–Kier alpha value is -1.31. The monoisotopic (exact) mass is 226 g/mol. The molecule has 0 aliphatic rings. The number of carbonyl (C=O) groups excluding carboxylic acids is 1. The fraction of sp³-hybridized carbons (Fsp3) is 0.333. The van der Waals surface area contributed by atoms with Gasteiger partial charge in [-0.2, -0.15) is 17.5 Å². The number of aromatic nitrogens is 1. The first kappa shape index (κ1) is 10.8. The van der Waals surface area contributed by atoms with Crippen molar-refractivity contribution in [2.24, 2.45) is 0 Å². The Morgan fingerprint density at radius 1 is 1.57 bits per heavy atom. The minimum absolute atomic E-state index is 0.366. The van der Waals surface area contributed by atoms with Crippen LogP contribution in [0.5, 0.6) is 0 Å². The van der Waals surface area contributed by atoms with Gasteiger partial charge in [0.15, 0.2) is 0 Å². The van der Waals surface area contributed by atoms with Gasteiger partial charge in [0.05, 0.1) is 7.11 Å². The van der Waals surface area contributed by atoms with Crippen molar-refractivity contribution in [3.8, 4) is 0 Å². The molecule has 0 aliphatic carbocycles. The molecule has 0 saturated heterocycles. The van der Waals surface area contributed by atoms with Crippen LogP contribution in [0.3, 0.4) is 0 Å². The second-order valence-corrected chi connectivity index (χ2v) is 3.03. The molecule has 0 bridgehead atoms. The molecule has 0 aliphatic heterocycles. The molecule has 8 heteroatoms. The molecule has 1 aromatic rings. The van der Waals surface area contributed by atoms with Crippen molar-refractivity contribution in [3.63, 3.8) is 0 Å². The highest BCUT2D eigenvalue weighted by Crippen LogP contribution is 2.37. The van der Waals surface area contributed by atoms with Gasteiger partial charge in [0.25, 0.3) is 0 Å². The van der Waals surface area contributed by atoms with E-state index in [0.717, 1.165) is 7.11 Å². The third kappa shape index (κ3) is 1.79. The molecular formula is C6H5F3N2O2S. The van der Waals surface area contributed by atoms with Crippen LogP contribution in [0, 0.1) is 0 Å². The van der Waals surface area contributed by atoms with E-state index in [4.69, 9.17) is 5.73 Å². The maximum absolute atomic E-state index is 12.3. The van der Waals surface area contributed by atoms with Crippen LogP contribution in [0.2, 0.25) is 0 Å². The third-order valence-corrected chi connectivity index (χ3v) is 2.21. The summed E-state index contributed by atoms with van der Waals surface area (Å²) >= 11 is 0.366. The molecule has 0 spiro atoms. The minimum Gasteiger partial charge on any atom is -0.465 e. The van der Waals surface area contributed by atoms with E-state index in [0.29, 0.717) is 11.5 Å². The quantitative estimate of drug-likeness (QED) is 0.737. The van der Waals surface area contributed by atoms with Gasteiger partial charge in [0.1, 0.15) is 16.3 Å². The van der Waals surface area contributed by atoms with Crippen molar-refractivity contribution in [2.45, 2.75) is 6.18 Å². The van der Waals surface area contributed by atoms with Gasteiger partial charge in [-0.1, -0.05) is 0 Å². The van der Waals surface area contributed by atoms with Crippen LogP contribution in [-0.2, 0) is 10.9 Å². The van der Waals surface area contributed by atoms with E-state index in [2.05, 4.69) is 9.11 Å². The summed E-state index contributed by atoms with van der Waals surface area (Å²) in [7, 11) is 0.985. The number of nitrogen functional groups attached to an aromatic ring is 1. The van der Waals surface area contributed by atoms with Gasteiger partial charge in [-0.25, -0.2) is 4.79 Å². The highest BCUT2D eigenvalue weighted by atomic mass is 32.1. The SMILES string of the molecule is COC(=O)c1snc(N)c1C(F)(F)F. The zero-order valence-electron chi connectivity index (χ0n) is 6.88. The summed E-state index contributed by atoms with van der Waals surface area (Å²) in [6.45, 7) is 0. The van der Waals surface area contributed by atoms with Crippen LogP contribution in [0.25, 0.3) is 0 Å². The van der Waals surface area contributed by atoms with Crippen LogP contribution >= 0.6 is 11.5 Å². The molecule has 1 rings (SSSR count). The van der Waals surface area contributed by atoms with Gasteiger partial charge >= 0.3 is 12.1 Å². The van der Waals surface area contributed by atoms with Gasteiger partial charge in [-0.15, -0.1) is 0 Å². The molecule has 2 N–H and O–H groups in total. The Labute approximate surface area is 80.6 Å². The second-order valence-electron chi connectivity index (χ2n) is 2.26. The molecule has 0 saturated carbocycles. The average Bonchev–Trinajstić information content (AvgIpc) is 2.44. The predicted octanol–water partition coefficient (Wildman–Crippen LogP) is 1.53. The molecule has 1 aromatic heterocycles. The fourth-order valence-electron chi connectivity index (χ4n) is 0.808. The first-order valence-electron chi connectivity index (χ1n) is 3.28. The second kappa shape index (κ2) is 3.45. The maximum Gasteiger partial charge on any atom is 0.421 e. The largest absolute Gasteiger partial charge is 0.465 e. The van der Waals surface area contributed by atoms with Crippen LogP contribution in [0.15, 0.2) is 0 Å². The van der Waals surface area contributed by atoms with Crippen LogP contribution in [0.4, 0.5) is 19.0 Å². The summed E-state index contributed by atoms with van der Waals surface area (Å²) < 4.78 is 44.4. The molecule has 14 heavy (non-hydrogen) atoms. The summed E-state index contributed by atoms with van der Waals surface area (Å²) in [6.07, 6.45) is -4.69. The number of ether oxygens (including phenoxy) is 1. The number of esters is 1. The van der Waals surface area contributed by atoms with E-state index in [1.807, 2.05) is 0 Å². The number of rotatable bonds is 1. The van der Waals surface area contributed by atoms with Crippen molar-refractivity contribution >= 4 is 23.3 Å². The number of anilines is 1. The van der Waals surface area contributed by atoms with Crippen molar-refractivity contribution in [1.82, 2.24) is 4.37 Å². The van der Waals surface area contributed by atoms with E-state index in [9.17, 15) is 18.0 Å². The van der Waals surface area contributed by atoms with E-state index >= 15 is 0 Å². The van der Waals surface area contributed by atoms with Crippen molar-refractivity contribution in [3.05, 3.63) is 10.4 Å². The van der Waals surface area contributed by atoms with Crippen LogP contribution < -0.4 is 5.73 Å². The topological polar surface area (TPSA) is 65.2 Å². The number of alkyl halides is 3. The summed E-state index contributed by atoms with van der Waals surface area (Å²) in [5.41, 5.74) is 3.76. The zero-order valence-corrected chi connectivity index (χ0v) is 7.70. The maximum atomic E-state index is 12.3. The van der Waals surface area contributed by atoms with Crippen LogP contribution in [0.1, 0.15) is 15.2 Å². The lowest BCUT2D eigenvalue weighted by Gasteiger charge is -2.06. The lowest BCUT2D eigenvalue weighted by atomic mass is 10.2. The Morgan fingerprint density at radius 2 is 2.14 bits per heavy atom. The van der Waals surface area contributed by atoms with E-state index in [1.165, 1.54) is 0 Å². The summed E-state index contributed by atoms with van der Waals surface area (Å²) in [5, 5.41) is 0. The smallest absolute Gasteiger partial charge is 0.421 e. The molecule has 0 atom stereocenters. The van der Waals surface area contributed by atoms with Gasteiger partial charge in [0.2, 0.25) is 0 Å². The molecule has 0 radical (unpaired) electrons. The Bertz CT molecular complexity index is 360. The third-order valence-electron chi connectivity index (χ3n) is 1.37. The van der Waals surface area contributed by atoms with Crippen LogP contribution in [-0.4, -0.2) is 17.5 Å². The number of hydrogen-bond donors (Lipinski definition) is 1. The summed E-state index contributed by atoms with van der Waals surface area (Å²) in [6, 6.07) is 0. The van der Waals surface area contributed by atoms with E-state index in [1.54, 1.807) is 0 Å². The first-order chi connectivity index (χ1) is 6.38. The van der Waals surface area contributed by atoms with Crippen molar-refractivity contribution in [2.75, 3.05) is 12.8 Å². The number of methoxy groups -OCH3 is 1. The molecular weight excluding hydrogens is 221 g/mol. The number of nitrogens with zero attached hydrogens (tertiary/aromatic N) is 1. The normalized spacial score (nSPS) is 11.4. The first-order valence-corrected chi connectivity index (χ1v) is 4.06. The Kier molecular flexibility index (Phi) is 2.65. The number of carbonyl (C=O) groups is 1. The lowest BCUT2D eigenvalue weighted by molar-refractivity contribution is -0.137. The standard InChI is InChI=1S/C6H5F3N2O2S/c1-13-5(12)3-2(6(7,8)9)4(10)11-14-3/h1H3,(H2,10,11). The molecule has 0 aromatic carbocycles. The highest BCUT2D eigenvalue weighted by Gasteiger charge is 2.40. The minimum atomic E-state index is -4.69. The molecule has 0 unspecified atom stereocenters. The molecule has 0 amide bonds. The van der Waals surface area contributed by atoms with E-state index in [-0.39, 0.29) is 0 Å². The Balaban J connectivity index is 3.27. The highest BCUT2D eigenvalue weighted by molar-refractivity contribution is 7.08. The van der Waals surface area contributed by atoms with Gasteiger partial charge in [-0.05, 0) is 11.5 Å². The molecule has 1 heterocycles. The van der Waals surface area contributed by atoms with Crippen molar-refractivity contribution in [1.29, 1.82) is 0 Å². The summed E-state index contributed by atoms with van der Waals surface area (Å²) in [5.74, 6) is -1.80. The van der Waals surface area contributed by atoms with Gasteiger partial charge in [-0.3, -0.25) is 0 Å². The number of hydrogen-bond acceptors (Lipinski definition) is 5. The zero-order chi connectivity index (χ0) is 10.9. The predicted molar refractivity (Wildman–Crippen MR) is 42.9 cm³/mol.